The monoisotopic (exact) mass is 433 g/mol. The number of methoxy groups -OCH3 is 1. The molecule has 1 aromatic heterocycles. The number of carbonyl (C=O) groups is 1. The number of hydrogen-bond donors (Lipinski definition) is 1. The first-order valence-corrected chi connectivity index (χ1v) is 10.6. The highest BCUT2D eigenvalue weighted by Crippen LogP contribution is 2.22. The highest BCUT2D eigenvalue weighted by molar-refractivity contribution is 5.89. The third-order valence-electron chi connectivity index (χ3n) is 5.32. The first-order chi connectivity index (χ1) is 15.5. The first-order valence-electron chi connectivity index (χ1n) is 10.6. The standard InChI is InChI=1S/C24H27N5O3/c1-4-28-22(27-21-9-6-5-8-20(21)23(28)30)17(2)29(14-7-15-32-3)24(31)26-19-12-10-18(16-25)11-13-19/h5-6,8-13,17H,4,7,14-15H2,1-3H3,(H,26,31). The molecule has 0 fully saturated rings. The number of carbonyl (C=O) groups excluding carboxylic acids is 1. The Morgan fingerprint density at radius 3 is 2.62 bits per heavy atom. The van der Waals surface area contributed by atoms with Gasteiger partial charge in [0.05, 0.1) is 28.6 Å². The Balaban J connectivity index is 1.96. The van der Waals surface area contributed by atoms with E-state index < -0.39 is 6.04 Å². The number of para-hydroxylation sites is 1. The number of aromatic nitrogens is 2. The van der Waals surface area contributed by atoms with E-state index in [1.807, 2.05) is 26.0 Å². The molecule has 2 aromatic carbocycles. The van der Waals surface area contributed by atoms with E-state index in [1.54, 1.807) is 53.0 Å². The SMILES string of the molecule is CCn1c(C(C)N(CCCOC)C(=O)Nc2ccc(C#N)cc2)nc2ccccc2c1=O. The summed E-state index contributed by atoms with van der Waals surface area (Å²) < 4.78 is 6.78. The maximum absolute atomic E-state index is 13.2. The van der Waals surface area contributed by atoms with Gasteiger partial charge in [-0.3, -0.25) is 9.36 Å². The number of rotatable bonds is 8. The Labute approximate surface area is 187 Å². The third kappa shape index (κ3) is 4.95. The van der Waals surface area contributed by atoms with E-state index in [-0.39, 0.29) is 11.6 Å². The molecule has 3 aromatic rings. The van der Waals surface area contributed by atoms with E-state index in [0.717, 1.165) is 0 Å². The van der Waals surface area contributed by atoms with Gasteiger partial charge in [0.25, 0.3) is 5.56 Å². The molecule has 0 saturated carbocycles. The molecule has 0 aliphatic heterocycles. The van der Waals surface area contributed by atoms with Crippen LogP contribution in [-0.2, 0) is 11.3 Å². The minimum Gasteiger partial charge on any atom is -0.385 e. The molecule has 8 nitrogen and oxygen atoms in total. The molecule has 0 bridgehead atoms. The van der Waals surface area contributed by atoms with Gasteiger partial charge in [0.2, 0.25) is 0 Å². The van der Waals surface area contributed by atoms with Crippen LogP contribution >= 0.6 is 0 Å². The molecule has 0 saturated heterocycles. The lowest BCUT2D eigenvalue weighted by atomic mass is 10.2. The molecule has 3 rings (SSSR count). The summed E-state index contributed by atoms with van der Waals surface area (Å²) in [4.78, 5) is 32.7. The molecule has 1 heterocycles. The number of nitrogens with zero attached hydrogens (tertiary/aromatic N) is 4. The molecule has 0 aliphatic rings. The van der Waals surface area contributed by atoms with E-state index in [1.165, 1.54) is 0 Å². The van der Waals surface area contributed by atoms with Crippen molar-refractivity contribution >= 4 is 22.6 Å². The van der Waals surface area contributed by atoms with Gasteiger partial charge in [-0.2, -0.15) is 5.26 Å². The lowest BCUT2D eigenvalue weighted by molar-refractivity contribution is 0.158. The summed E-state index contributed by atoms with van der Waals surface area (Å²) in [5.41, 5.74) is 1.58. The maximum atomic E-state index is 13.2. The number of nitriles is 1. The number of nitrogens with one attached hydrogen (secondary N) is 1. The van der Waals surface area contributed by atoms with Gasteiger partial charge in [-0.15, -0.1) is 0 Å². The average Bonchev–Trinajstić information content (AvgIpc) is 2.82. The quantitative estimate of drug-likeness (QED) is 0.543. The fourth-order valence-electron chi connectivity index (χ4n) is 3.62. The smallest absolute Gasteiger partial charge is 0.322 e. The molecule has 2 amide bonds. The third-order valence-corrected chi connectivity index (χ3v) is 5.32. The van der Waals surface area contributed by atoms with Gasteiger partial charge >= 0.3 is 6.03 Å². The van der Waals surface area contributed by atoms with Gasteiger partial charge in [-0.1, -0.05) is 12.1 Å². The van der Waals surface area contributed by atoms with Crippen LogP contribution < -0.4 is 10.9 Å². The second kappa shape index (κ2) is 10.6. The number of ether oxygens (including phenoxy) is 1. The second-order valence-corrected chi connectivity index (χ2v) is 7.37. The summed E-state index contributed by atoms with van der Waals surface area (Å²) >= 11 is 0. The van der Waals surface area contributed by atoms with E-state index in [2.05, 4.69) is 11.4 Å². The summed E-state index contributed by atoms with van der Waals surface area (Å²) in [5.74, 6) is 0.531. The lowest BCUT2D eigenvalue weighted by Gasteiger charge is -2.30. The van der Waals surface area contributed by atoms with Crippen molar-refractivity contribution < 1.29 is 9.53 Å². The van der Waals surface area contributed by atoms with Crippen molar-refractivity contribution in [1.82, 2.24) is 14.5 Å². The Bertz CT molecular complexity index is 1180. The topological polar surface area (TPSA) is 100 Å². The highest BCUT2D eigenvalue weighted by Gasteiger charge is 2.26. The lowest BCUT2D eigenvalue weighted by Crippen LogP contribution is -2.41. The minimum atomic E-state index is -0.456. The van der Waals surface area contributed by atoms with Crippen LogP contribution in [0.25, 0.3) is 10.9 Å². The molecule has 1 unspecified atom stereocenters. The van der Waals surface area contributed by atoms with Gasteiger partial charge in [0.1, 0.15) is 5.82 Å². The summed E-state index contributed by atoms with van der Waals surface area (Å²) in [6.45, 7) is 5.12. The zero-order chi connectivity index (χ0) is 23.1. The molecule has 0 aliphatic carbocycles. The molecular formula is C24H27N5O3. The molecule has 1 N–H and O–H groups in total. The Kier molecular flexibility index (Phi) is 7.58. The van der Waals surface area contributed by atoms with Gasteiger partial charge in [0.15, 0.2) is 0 Å². The van der Waals surface area contributed by atoms with Crippen molar-refractivity contribution in [3.05, 3.63) is 70.3 Å². The zero-order valence-electron chi connectivity index (χ0n) is 18.5. The van der Waals surface area contributed by atoms with Crippen LogP contribution in [0.1, 0.15) is 37.7 Å². The number of urea groups is 1. The van der Waals surface area contributed by atoms with Crippen LogP contribution in [0, 0.1) is 11.3 Å². The summed E-state index contributed by atoms with van der Waals surface area (Å²) in [7, 11) is 1.62. The average molecular weight is 434 g/mol. The van der Waals surface area contributed by atoms with Crippen LogP contribution in [-0.4, -0.2) is 40.7 Å². The fourth-order valence-corrected chi connectivity index (χ4v) is 3.62. The van der Waals surface area contributed by atoms with Crippen molar-refractivity contribution in [2.75, 3.05) is 25.6 Å². The molecule has 0 radical (unpaired) electrons. The molecule has 0 spiro atoms. The van der Waals surface area contributed by atoms with Crippen LogP contribution in [0.4, 0.5) is 10.5 Å². The number of hydrogen-bond acceptors (Lipinski definition) is 5. The molecule has 32 heavy (non-hydrogen) atoms. The Morgan fingerprint density at radius 2 is 1.97 bits per heavy atom. The molecular weight excluding hydrogens is 406 g/mol. The van der Waals surface area contributed by atoms with Gasteiger partial charge in [-0.05, 0) is 56.7 Å². The predicted molar refractivity (Wildman–Crippen MR) is 123 cm³/mol. The van der Waals surface area contributed by atoms with Crippen LogP contribution in [0.5, 0.6) is 0 Å². The predicted octanol–water partition coefficient (Wildman–Crippen LogP) is 3.92. The minimum absolute atomic E-state index is 0.121. The van der Waals surface area contributed by atoms with Gasteiger partial charge in [0, 0.05) is 32.5 Å². The van der Waals surface area contributed by atoms with Gasteiger partial charge < -0.3 is 15.0 Å². The number of fused-ring (bicyclic) bond motifs is 1. The first kappa shape index (κ1) is 23.0. The largest absolute Gasteiger partial charge is 0.385 e. The van der Waals surface area contributed by atoms with E-state index >= 15 is 0 Å². The summed E-state index contributed by atoms with van der Waals surface area (Å²) in [6, 6.07) is 15.2. The van der Waals surface area contributed by atoms with Crippen LogP contribution in [0.3, 0.4) is 0 Å². The zero-order valence-corrected chi connectivity index (χ0v) is 18.5. The van der Waals surface area contributed by atoms with Crippen molar-refractivity contribution in [3.8, 4) is 6.07 Å². The Morgan fingerprint density at radius 1 is 1.25 bits per heavy atom. The van der Waals surface area contributed by atoms with Crippen molar-refractivity contribution in [2.45, 2.75) is 32.9 Å². The van der Waals surface area contributed by atoms with Gasteiger partial charge in [-0.25, -0.2) is 9.78 Å². The summed E-state index contributed by atoms with van der Waals surface area (Å²) in [5, 5.41) is 12.4. The fraction of sp³-hybridized carbons (Fsp3) is 0.333. The molecule has 8 heteroatoms. The maximum Gasteiger partial charge on any atom is 0.322 e. The summed E-state index contributed by atoms with van der Waals surface area (Å²) in [6.07, 6.45) is 0.631. The van der Waals surface area contributed by atoms with Crippen LogP contribution in [0.2, 0.25) is 0 Å². The molecule has 166 valence electrons. The number of amides is 2. The van der Waals surface area contributed by atoms with E-state index in [4.69, 9.17) is 15.0 Å². The number of anilines is 1. The number of benzene rings is 2. The Hall–Kier alpha value is -3.70. The molecule has 1 atom stereocenters. The highest BCUT2D eigenvalue weighted by atomic mass is 16.5. The van der Waals surface area contributed by atoms with Crippen molar-refractivity contribution in [2.24, 2.45) is 0 Å². The normalized spacial score (nSPS) is 11.7. The second-order valence-electron chi connectivity index (χ2n) is 7.37. The van der Waals surface area contributed by atoms with E-state index in [0.29, 0.717) is 54.1 Å². The van der Waals surface area contributed by atoms with E-state index in [9.17, 15) is 9.59 Å². The van der Waals surface area contributed by atoms with Crippen molar-refractivity contribution in [3.63, 3.8) is 0 Å². The van der Waals surface area contributed by atoms with Crippen LogP contribution in [0.15, 0.2) is 53.3 Å². The van der Waals surface area contributed by atoms with Crippen molar-refractivity contribution in [1.29, 1.82) is 5.26 Å².